The van der Waals surface area contributed by atoms with Gasteiger partial charge in [0.1, 0.15) is 12.3 Å². The van der Waals surface area contributed by atoms with E-state index in [1.807, 2.05) is 30.3 Å². The van der Waals surface area contributed by atoms with Crippen LogP contribution in [0.25, 0.3) is 22.4 Å². The Morgan fingerprint density at radius 1 is 1.09 bits per heavy atom. The highest BCUT2D eigenvalue weighted by Gasteiger charge is 2.26. The molecule has 1 aliphatic rings. The molecule has 9 heteroatoms. The minimum atomic E-state index is -0.767. The lowest BCUT2D eigenvalue weighted by Crippen LogP contribution is -2.38. The van der Waals surface area contributed by atoms with Crippen LogP contribution in [0, 0.1) is 5.92 Å². The van der Waals surface area contributed by atoms with E-state index in [-0.39, 0.29) is 24.3 Å². The average Bonchev–Trinajstić information content (AvgIpc) is 3.49. The van der Waals surface area contributed by atoms with Crippen molar-refractivity contribution in [2.75, 3.05) is 0 Å². The standard InChI is InChI=1S/C26H25ClN4O4/c27-22-11-10-20(25(34)30-18-8-6-16(7-9-18)12-23(32)33)24-21(22)14-29-31(24)15-19-13-28-26(35-19)17-4-2-1-3-5-17/h1-5,10-11,13-14,16,18H,6-9,12,15H2,(H,30,34)(H,32,33). The summed E-state index contributed by atoms with van der Waals surface area (Å²) in [6.45, 7) is 0.296. The predicted octanol–water partition coefficient (Wildman–Crippen LogP) is 5.16. The van der Waals surface area contributed by atoms with Crippen molar-refractivity contribution in [2.45, 2.75) is 44.7 Å². The van der Waals surface area contributed by atoms with E-state index in [1.54, 1.807) is 29.2 Å². The number of amides is 1. The number of carboxylic acids is 1. The van der Waals surface area contributed by atoms with Gasteiger partial charge in [0.05, 0.1) is 28.5 Å². The molecule has 0 aliphatic heterocycles. The van der Waals surface area contributed by atoms with Gasteiger partial charge in [0, 0.05) is 23.4 Å². The maximum Gasteiger partial charge on any atom is 0.303 e. The van der Waals surface area contributed by atoms with Crippen molar-refractivity contribution < 1.29 is 19.1 Å². The van der Waals surface area contributed by atoms with Gasteiger partial charge in [0.15, 0.2) is 0 Å². The van der Waals surface area contributed by atoms with Crippen LogP contribution in [0.3, 0.4) is 0 Å². The zero-order valence-electron chi connectivity index (χ0n) is 19.0. The first-order valence-corrected chi connectivity index (χ1v) is 12.0. The third-order valence-electron chi connectivity index (χ3n) is 6.52. The Kier molecular flexibility index (Phi) is 6.55. The van der Waals surface area contributed by atoms with Crippen LogP contribution in [0.1, 0.15) is 48.2 Å². The number of aliphatic carboxylic acids is 1. The molecular formula is C26H25ClN4O4. The Morgan fingerprint density at radius 2 is 1.86 bits per heavy atom. The lowest BCUT2D eigenvalue weighted by Gasteiger charge is -2.28. The van der Waals surface area contributed by atoms with E-state index in [0.717, 1.165) is 31.2 Å². The molecule has 2 N–H and O–H groups in total. The zero-order chi connectivity index (χ0) is 24.4. The SMILES string of the molecule is O=C(O)CC1CCC(NC(=O)c2ccc(Cl)c3cnn(Cc4cnc(-c5ccccc5)o4)c23)CC1. The van der Waals surface area contributed by atoms with Crippen molar-refractivity contribution in [2.24, 2.45) is 5.92 Å². The molecule has 35 heavy (non-hydrogen) atoms. The Balaban J connectivity index is 1.35. The molecule has 0 saturated heterocycles. The van der Waals surface area contributed by atoms with Crippen LogP contribution < -0.4 is 5.32 Å². The van der Waals surface area contributed by atoms with Crippen LogP contribution >= 0.6 is 11.6 Å². The third-order valence-corrected chi connectivity index (χ3v) is 6.85. The van der Waals surface area contributed by atoms with E-state index < -0.39 is 5.97 Å². The van der Waals surface area contributed by atoms with Crippen molar-refractivity contribution in [3.8, 4) is 11.5 Å². The van der Waals surface area contributed by atoms with Crippen LogP contribution in [0.15, 0.2) is 59.3 Å². The van der Waals surface area contributed by atoms with Crippen molar-refractivity contribution >= 4 is 34.4 Å². The van der Waals surface area contributed by atoms with Crippen molar-refractivity contribution in [3.63, 3.8) is 0 Å². The quantitative estimate of drug-likeness (QED) is 0.369. The summed E-state index contributed by atoms with van der Waals surface area (Å²) in [7, 11) is 0. The highest BCUT2D eigenvalue weighted by Crippen LogP contribution is 2.30. The van der Waals surface area contributed by atoms with E-state index in [1.165, 1.54) is 0 Å². The molecule has 1 amide bonds. The lowest BCUT2D eigenvalue weighted by molar-refractivity contribution is -0.138. The second-order valence-corrected chi connectivity index (χ2v) is 9.35. The summed E-state index contributed by atoms with van der Waals surface area (Å²) in [5, 5.41) is 17.8. The highest BCUT2D eigenvalue weighted by atomic mass is 35.5. The molecule has 5 rings (SSSR count). The van der Waals surface area contributed by atoms with Gasteiger partial charge < -0.3 is 14.8 Å². The topological polar surface area (TPSA) is 110 Å². The molecule has 0 bridgehead atoms. The normalized spacial score (nSPS) is 18.0. The molecule has 1 fully saturated rings. The lowest BCUT2D eigenvalue weighted by atomic mass is 9.84. The summed E-state index contributed by atoms with van der Waals surface area (Å²) in [6.07, 6.45) is 6.61. The number of hydrogen-bond acceptors (Lipinski definition) is 5. The molecule has 0 spiro atoms. The number of nitrogens with one attached hydrogen (secondary N) is 1. The first kappa shape index (κ1) is 23.1. The van der Waals surface area contributed by atoms with Crippen LogP contribution in [0.2, 0.25) is 5.02 Å². The number of carbonyl (C=O) groups excluding carboxylic acids is 1. The first-order valence-electron chi connectivity index (χ1n) is 11.6. The monoisotopic (exact) mass is 492 g/mol. The number of nitrogens with zero attached hydrogens (tertiary/aromatic N) is 3. The summed E-state index contributed by atoms with van der Waals surface area (Å²) in [6, 6.07) is 13.1. The van der Waals surface area contributed by atoms with Gasteiger partial charge in [-0.05, 0) is 55.9 Å². The van der Waals surface area contributed by atoms with E-state index in [2.05, 4.69) is 15.4 Å². The van der Waals surface area contributed by atoms with Crippen LogP contribution in [0.5, 0.6) is 0 Å². The smallest absolute Gasteiger partial charge is 0.303 e. The van der Waals surface area contributed by atoms with Crippen LogP contribution in [0.4, 0.5) is 0 Å². The van der Waals surface area contributed by atoms with Gasteiger partial charge >= 0.3 is 5.97 Å². The number of carbonyl (C=O) groups is 2. The number of halogens is 1. The Hall–Kier alpha value is -3.65. The number of aromatic nitrogens is 3. The maximum absolute atomic E-state index is 13.3. The second-order valence-electron chi connectivity index (χ2n) is 8.95. The van der Waals surface area contributed by atoms with E-state index in [0.29, 0.717) is 39.7 Å². The number of oxazole rings is 1. The average molecular weight is 493 g/mol. The van der Waals surface area contributed by atoms with Crippen molar-refractivity contribution in [1.82, 2.24) is 20.1 Å². The van der Waals surface area contributed by atoms with Crippen molar-refractivity contribution in [3.05, 3.63) is 71.2 Å². The number of rotatable bonds is 7. The molecule has 0 radical (unpaired) electrons. The Morgan fingerprint density at radius 3 is 2.60 bits per heavy atom. The van der Waals surface area contributed by atoms with Gasteiger partial charge in [-0.2, -0.15) is 5.10 Å². The highest BCUT2D eigenvalue weighted by molar-refractivity contribution is 6.36. The Bertz CT molecular complexity index is 1360. The van der Waals surface area contributed by atoms with Crippen LogP contribution in [-0.4, -0.2) is 37.8 Å². The summed E-state index contributed by atoms with van der Waals surface area (Å²) >= 11 is 6.41. The number of hydrogen-bond donors (Lipinski definition) is 2. The fourth-order valence-electron chi connectivity index (χ4n) is 4.74. The van der Waals surface area contributed by atoms with Gasteiger partial charge in [0.2, 0.25) is 5.89 Å². The van der Waals surface area contributed by atoms with Gasteiger partial charge in [-0.15, -0.1) is 0 Å². The largest absolute Gasteiger partial charge is 0.481 e. The molecule has 0 atom stereocenters. The van der Waals surface area contributed by atoms with Crippen LogP contribution in [-0.2, 0) is 11.3 Å². The predicted molar refractivity (Wildman–Crippen MR) is 131 cm³/mol. The third kappa shape index (κ3) is 5.07. The molecule has 4 aromatic rings. The molecule has 180 valence electrons. The fraction of sp³-hybridized carbons (Fsp3) is 0.308. The fourth-order valence-corrected chi connectivity index (χ4v) is 4.94. The van der Waals surface area contributed by atoms with Gasteiger partial charge in [-0.1, -0.05) is 29.8 Å². The first-order chi connectivity index (χ1) is 17.0. The second kappa shape index (κ2) is 9.92. The zero-order valence-corrected chi connectivity index (χ0v) is 19.7. The minimum Gasteiger partial charge on any atom is -0.481 e. The molecular weight excluding hydrogens is 468 g/mol. The molecule has 2 heterocycles. The molecule has 0 unspecified atom stereocenters. The van der Waals surface area contributed by atoms with E-state index in [4.69, 9.17) is 21.1 Å². The van der Waals surface area contributed by atoms with E-state index >= 15 is 0 Å². The molecule has 2 aromatic heterocycles. The Labute approximate surface area is 206 Å². The minimum absolute atomic E-state index is 0.0114. The molecule has 8 nitrogen and oxygen atoms in total. The molecule has 1 aliphatic carbocycles. The van der Waals surface area contributed by atoms with Gasteiger partial charge in [0.25, 0.3) is 5.91 Å². The summed E-state index contributed by atoms with van der Waals surface area (Å²) < 4.78 is 7.64. The van der Waals surface area contributed by atoms with Crippen molar-refractivity contribution in [1.29, 1.82) is 0 Å². The summed E-state index contributed by atoms with van der Waals surface area (Å²) in [5.41, 5.74) is 2.00. The summed E-state index contributed by atoms with van der Waals surface area (Å²) in [4.78, 5) is 28.6. The van der Waals surface area contributed by atoms with Gasteiger partial charge in [-0.25, -0.2) is 4.98 Å². The number of benzene rings is 2. The molecule has 1 saturated carbocycles. The summed E-state index contributed by atoms with van der Waals surface area (Å²) in [5.74, 6) is 0.338. The molecule has 2 aromatic carbocycles. The number of fused-ring (bicyclic) bond motifs is 1. The van der Waals surface area contributed by atoms with Gasteiger partial charge in [-0.3, -0.25) is 14.3 Å². The van der Waals surface area contributed by atoms with E-state index in [9.17, 15) is 9.59 Å². The number of carboxylic acid groups (broad SMARTS) is 1. The maximum atomic E-state index is 13.3.